The molecule has 230 valence electrons. The topological polar surface area (TPSA) is 86.8 Å². The van der Waals surface area contributed by atoms with Gasteiger partial charge in [-0.2, -0.15) is 0 Å². The Bertz CT molecular complexity index is 1680. The highest BCUT2D eigenvalue weighted by molar-refractivity contribution is 9.10. The van der Waals surface area contributed by atoms with Gasteiger partial charge in [0.1, 0.15) is 18.4 Å². The Morgan fingerprint density at radius 3 is 2.25 bits per heavy atom. The van der Waals surface area contributed by atoms with Gasteiger partial charge in [-0.05, 0) is 55.3 Å². The number of benzene rings is 4. The maximum absolute atomic E-state index is 15.0. The maximum Gasteiger partial charge on any atom is 0.264 e. The van der Waals surface area contributed by atoms with Crippen molar-refractivity contribution in [1.29, 1.82) is 0 Å². The van der Waals surface area contributed by atoms with E-state index in [1.807, 2.05) is 44.2 Å². The molecule has 0 aliphatic carbocycles. The zero-order chi connectivity index (χ0) is 31.7. The summed E-state index contributed by atoms with van der Waals surface area (Å²) in [6, 6.07) is 27.2. The lowest BCUT2D eigenvalue weighted by molar-refractivity contribution is -0.140. The van der Waals surface area contributed by atoms with Crippen molar-refractivity contribution in [1.82, 2.24) is 10.2 Å². The summed E-state index contributed by atoms with van der Waals surface area (Å²) in [5, 5.41) is 2.88. The third kappa shape index (κ3) is 8.33. The van der Waals surface area contributed by atoms with E-state index < -0.39 is 40.2 Å². The Hall–Kier alpha value is -4.02. The molecule has 0 bridgehead atoms. The van der Waals surface area contributed by atoms with E-state index in [-0.39, 0.29) is 29.1 Å². The molecule has 0 saturated heterocycles. The third-order valence-corrected chi connectivity index (χ3v) is 9.38. The van der Waals surface area contributed by atoms with E-state index in [0.29, 0.717) is 17.4 Å². The molecule has 1 N–H and O–H groups in total. The Morgan fingerprint density at radius 1 is 0.909 bits per heavy atom. The molecule has 4 aromatic rings. The summed E-state index contributed by atoms with van der Waals surface area (Å²) < 4.78 is 44.7. The van der Waals surface area contributed by atoms with Crippen molar-refractivity contribution < 1.29 is 22.4 Å². The largest absolute Gasteiger partial charge is 0.354 e. The molecule has 1 unspecified atom stereocenters. The minimum Gasteiger partial charge on any atom is -0.354 e. The van der Waals surface area contributed by atoms with Crippen LogP contribution in [0.5, 0.6) is 0 Å². The monoisotopic (exact) mass is 679 g/mol. The molecule has 10 heteroatoms. The van der Waals surface area contributed by atoms with E-state index in [4.69, 9.17) is 0 Å². The first kappa shape index (κ1) is 32.9. The van der Waals surface area contributed by atoms with Crippen molar-refractivity contribution in [3.05, 3.63) is 130 Å². The van der Waals surface area contributed by atoms with Gasteiger partial charge in [0.25, 0.3) is 10.0 Å². The standard InChI is InChI=1S/C34H35BrFN3O4S/c1-3-20-37-34(41)32(21-26-10-5-4-6-11-26)38(23-27-12-7-8-15-31(27)36)33(40)24-39(29-14-9-13-28(35)22-29)44(42,43)30-18-16-25(2)17-19-30/h4-19,22,32H,3,20-21,23-24H2,1-2H3,(H,37,41). The van der Waals surface area contributed by atoms with Crippen LogP contribution in [-0.2, 0) is 32.6 Å². The fourth-order valence-corrected chi connectivity index (χ4v) is 6.52. The number of nitrogens with one attached hydrogen (secondary N) is 1. The Labute approximate surface area is 266 Å². The molecule has 0 aromatic heterocycles. The van der Waals surface area contributed by atoms with Crippen LogP contribution in [0.2, 0.25) is 0 Å². The molecule has 4 rings (SSSR count). The zero-order valence-corrected chi connectivity index (χ0v) is 27.0. The molecule has 0 aliphatic rings. The highest BCUT2D eigenvalue weighted by Gasteiger charge is 2.35. The van der Waals surface area contributed by atoms with Crippen LogP contribution in [0, 0.1) is 12.7 Å². The van der Waals surface area contributed by atoms with Gasteiger partial charge in [0.2, 0.25) is 11.8 Å². The van der Waals surface area contributed by atoms with Crippen molar-refractivity contribution >= 4 is 43.5 Å². The minimum absolute atomic E-state index is 0.0121. The van der Waals surface area contributed by atoms with Crippen LogP contribution < -0.4 is 9.62 Å². The van der Waals surface area contributed by atoms with Crippen molar-refractivity contribution in [2.24, 2.45) is 0 Å². The summed E-state index contributed by atoms with van der Waals surface area (Å²) in [4.78, 5) is 29.3. The molecule has 1 atom stereocenters. The maximum atomic E-state index is 15.0. The molecule has 2 amide bonds. The minimum atomic E-state index is -4.23. The lowest BCUT2D eigenvalue weighted by Gasteiger charge is -2.34. The van der Waals surface area contributed by atoms with E-state index in [9.17, 15) is 22.4 Å². The third-order valence-electron chi connectivity index (χ3n) is 7.10. The molecule has 0 saturated carbocycles. The number of anilines is 1. The molecule has 44 heavy (non-hydrogen) atoms. The first-order valence-electron chi connectivity index (χ1n) is 14.3. The highest BCUT2D eigenvalue weighted by atomic mass is 79.9. The number of carbonyl (C=O) groups excluding carboxylic acids is 2. The van der Waals surface area contributed by atoms with Crippen LogP contribution in [0.15, 0.2) is 112 Å². The lowest BCUT2D eigenvalue weighted by Crippen LogP contribution is -2.53. The Kier molecular flexibility index (Phi) is 11.3. The Morgan fingerprint density at radius 2 is 1.59 bits per heavy atom. The fourth-order valence-electron chi connectivity index (χ4n) is 4.73. The van der Waals surface area contributed by atoms with Gasteiger partial charge in [-0.15, -0.1) is 0 Å². The molecular formula is C34H35BrFN3O4S. The van der Waals surface area contributed by atoms with Crippen LogP contribution in [0.3, 0.4) is 0 Å². The van der Waals surface area contributed by atoms with Crippen LogP contribution in [-0.4, -0.2) is 44.3 Å². The van der Waals surface area contributed by atoms with Gasteiger partial charge in [0, 0.05) is 29.5 Å². The smallest absolute Gasteiger partial charge is 0.264 e. The second kappa shape index (κ2) is 15.1. The van der Waals surface area contributed by atoms with Crippen LogP contribution >= 0.6 is 15.9 Å². The molecule has 7 nitrogen and oxygen atoms in total. The van der Waals surface area contributed by atoms with E-state index in [0.717, 1.165) is 15.4 Å². The van der Waals surface area contributed by atoms with Crippen molar-refractivity contribution in [3.63, 3.8) is 0 Å². The normalized spacial score (nSPS) is 11.9. The predicted octanol–water partition coefficient (Wildman–Crippen LogP) is 6.26. The van der Waals surface area contributed by atoms with Gasteiger partial charge in [-0.3, -0.25) is 13.9 Å². The van der Waals surface area contributed by atoms with E-state index in [1.54, 1.807) is 54.6 Å². The Balaban J connectivity index is 1.80. The van der Waals surface area contributed by atoms with Gasteiger partial charge >= 0.3 is 0 Å². The van der Waals surface area contributed by atoms with Crippen molar-refractivity contribution in [2.45, 2.75) is 44.2 Å². The fraction of sp³-hybridized carbons (Fsp3) is 0.235. The highest BCUT2D eigenvalue weighted by Crippen LogP contribution is 2.27. The van der Waals surface area contributed by atoms with E-state index >= 15 is 0 Å². The summed E-state index contributed by atoms with van der Waals surface area (Å²) in [5.74, 6) is -1.60. The van der Waals surface area contributed by atoms with Crippen LogP contribution in [0.1, 0.15) is 30.0 Å². The quantitative estimate of drug-likeness (QED) is 0.181. The number of amides is 2. The van der Waals surface area contributed by atoms with Gasteiger partial charge in [-0.1, -0.05) is 95.1 Å². The zero-order valence-electron chi connectivity index (χ0n) is 24.6. The summed E-state index contributed by atoms with van der Waals surface area (Å²) in [5.41, 5.74) is 2.14. The van der Waals surface area contributed by atoms with E-state index in [2.05, 4.69) is 21.2 Å². The first-order valence-corrected chi connectivity index (χ1v) is 16.5. The number of halogens is 2. The molecule has 0 fully saturated rings. The van der Waals surface area contributed by atoms with Crippen LogP contribution in [0.4, 0.5) is 10.1 Å². The molecule has 0 heterocycles. The number of hydrogen-bond acceptors (Lipinski definition) is 4. The SMILES string of the molecule is CCCNC(=O)C(Cc1ccccc1)N(Cc1ccccc1F)C(=O)CN(c1cccc(Br)c1)S(=O)(=O)c1ccc(C)cc1. The lowest BCUT2D eigenvalue weighted by atomic mass is 10.0. The number of aryl methyl sites for hydroxylation is 1. The van der Waals surface area contributed by atoms with Gasteiger partial charge in [0.05, 0.1) is 10.6 Å². The molecule has 0 spiro atoms. The number of sulfonamides is 1. The average Bonchev–Trinajstić information content (AvgIpc) is 3.01. The van der Waals surface area contributed by atoms with E-state index in [1.165, 1.54) is 23.1 Å². The summed E-state index contributed by atoms with van der Waals surface area (Å²) in [6.07, 6.45) is 0.828. The molecule has 0 aliphatic heterocycles. The van der Waals surface area contributed by atoms with Crippen LogP contribution in [0.25, 0.3) is 0 Å². The number of rotatable bonds is 13. The second-order valence-electron chi connectivity index (χ2n) is 10.4. The summed E-state index contributed by atoms with van der Waals surface area (Å²) in [7, 11) is -4.23. The van der Waals surface area contributed by atoms with Gasteiger partial charge in [0.15, 0.2) is 0 Å². The number of hydrogen-bond donors (Lipinski definition) is 1. The molecular weight excluding hydrogens is 645 g/mol. The number of nitrogens with zero attached hydrogens (tertiary/aromatic N) is 2. The first-order chi connectivity index (χ1) is 21.1. The summed E-state index contributed by atoms with van der Waals surface area (Å²) in [6.45, 7) is 3.30. The van der Waals surface area contributed by atoms with Crippen molar-refractivity contribution in [3.8, 4) is 0 Å². The average molecular weight is 681 g/mol. The van der Waals surface area contributed by atoms with Gasteiger partial charge < -0.3 is 10.2 Å². The summed E-state index contributed by atoms with van der Waals surface area (Å²) >= 11 is 3.40. The molecule has 0 radical (unpaired) electrons. The predicted molar refractivity (Wildman–Crippen MR) is 174 cm³/mol. The second-order valence-corrected chi connectivity index (χ2v) is 13.2. The van der Waals surface area contributed by atoms with Gasteiger partial charge in [-0.25, -0.2) is 12.8 Å². The number of carbonyl (C=O) groups is 2. The molecule has 4 aromatic carbocycles. The van der Waals surface area contributed by atoms with Crippen molar-refractivity contribution in [2.75, 3.05) is 17.4 Å².